The molecule has 3 heteroatoms. The molecule has 0 spiro atoms. The van der Waals surface area contributed by atoms with Gasteiger partial charge in [0.05, 0.1) is 0 Å². The van der Waals surface area contributed by atoms with Crippen molar-refractivity contribution in [2.45, 2.75) is 58.4 Å². The Morgan fingerprint density at radius 3 is 2.29 bits per heavy atom. The number of carboxylic acids is 1. The Morgan fingerprint density at radius 1 is 1.29 bits per heavy atom. The predicted molar refractivity (Wildman–Crippen MR) is 70.1 cm³/mol. The van der Waals surface area contributed by atoms with Gasteiger partial charge < -0.3 is 5.11 Å². The van der Waals surface area contributed by atoms with E-state index in [9.17, 15) is 4.79 Å². The number of carboxylic acid groups (broad SMARTS) is 1. The molecule has 1 unspecified atom stereocenters. The molecule has 1 rings (SSSR count). The van der Waals surface area contributed by atoms with Gasteiger partial charge in [-0.1, -0.05) is 32.6 Å². The van der Waals surface area contributed by atoms with E-state index in [1.165, 1.54) is 38.5 Å². The number of rotatable bonds is 6. The molecule has 0 aromatic rings. The molecule has 1 saturated carbocycles. The molecule has 1 atom stereocenters. The van der Waals surface area contributed by atoms with Gasteiger partial charge in [-0.25, -0.2) is 0 Å². The summed E-state index contributed by atoms with van der Waals surface area (Å²) >= 11 is 0. The smallest absolute Gasteiger partial charge is 0.320 e. The van der Waals surface area contributed by atoms with E-state index in [1.54, 1.807) is 6.92 Å². The van der Waals surface area contributed by atoms with E-state index in [1.807, 2.05) is 11.9 Å². The number of hydrogen-bond donors (Lipinski definition) is 1. The van der Waals surface area contributed by atoms with Crippen LogP contribution in [0.5, 0.6) is 0 Å². The molecule has 0 amide bonds. The van der Waals surface area contributed by atoms with Crippen LogP contribution in [0.1, 0.15) is 52.4 Å². The Kier molecular flexibility index (Phi) is 5.96. The Labute approximate surface area is 105 Å². The highest BCUT2D eigenvalue weighted by Crippen LogP contribution is 2.31. The fraction of sp³-hybridized carbons (Fsp3) is 0.929. The predicted octanol–water partition coefficient (Wildman–Crippen LogP) is 3.00. The second-order valence-electron chi connectivity index (χ2n) is 5.63. The third-order valence-electron chi connectivity index (χ3n) is 4.23. The molecule has 0 aliphatic heterocycles. The van der Waals surface area contributed by atoms with Crippen LogP contribution in [0.4, 0.5) is 0 Å². The molecule has 0 aromatic heterocycles. The van der Waals surface area contributed by atoms with E-state index in [2.05, 4.69) is 6.92 Å². The van der Waals surface area contributed by atoms with Crippen LogP contribution >= 0.6 is 0 Å². The first kappa shape index (κ1) is 14.5. The van der Waals surface area contributed by atoms with Gasteiger partial charge in [-0.15, -0.1) is 0 Å². The fourth-order valence-electron chi connectivity index (χ4n) is 2.86. The summed E-state index contributed by atoms with van der Waals surface area (Å²) in [5.41, 5.74) is 0. The summed E-state index contributed by atoms with van der Waals surface area (Å²) < 4.78 is 0. The first-order valence-corrected chi connectivity index (χ1v) is 6.97. The van der Waals surface area contributed by atoms with Crippen LogP contribution in [0.25, 0.3) is 0 Å². The van der Waals surface area contributed by atoms with E-state index in [0.717, 1.165) is 12.5 Å². The van der Waals surface area contributed by atoms with E-state index in [4.69, 9.17) is 5.11 Å². The van der Waals surface area contributed by atoms with Crippen molar-refractivity contribution in [1.29, 1.82) is 0 Å². The van der Waals surface area contributed by atoms with Gasteiger partial charge in [0.15, 0.2) is 0 Å². The van der Waals surface area contributed by atoms with Gasteiger partial charge in [0.1, 0.15) is 6.04 Å². The molecule has 3 nitrogen and oxygen atoms in total. The summed E-state index contributed by atoms with van der Waals surface area (Å²) in [5.74, 6) is 0.917. The van der Waals surface area contributed by atoms with Crippen LogP contribution in [0.15, 0.2) is 0 Å². The van der Waals surface area contributed by atoms with Crippen LogP contribution in [0.3, 0.4) is 0 Å². The summed E-state index contributed by atoms with van der Waals surface area (Å²) in [5, 5.41) is 8.95. The highest BCUT2D eigenvalue weighted by atomic mass is 16.4. The SMILES string of the molecule is CCCC1CCC(CN(C)C(C)C(=O)O)CC1. The van der Waals surface area contributed by atoms with Crippen molar-refractivity contribution in [3.8, 4) is 0 Å². The molecule has 0 aromatic carbocycles. The molecule has 0 bridgehead atoms. The Morgan fingerprint density at radius 2 is 1.82 bits per heavy atom. The summed E-state index contributed by atoms with van der Waals surface area (Å²) in [6.45, 7) is 4.96. The van der Waals surface area contributed by atoms with Crippen molar-refractivity contribution < 1.29 is 9.90 Å². The minimum Gasteiger partial charge on any atom is -0.480 e. The second kappa shape index (κ2) is 7.00. The lowest BCUT2D eigenvalue weighted by Gasteiger charge is -2.32. The quantitative estimate of drug-likeness (QED) is 0.777. The molecule has 1 aliphatic carbocycles. The number of likely N-dealkylation sites (N-methyl/N-ethyl adjacent to an activating group) is 1. The Bertz CT molecular complexity index is 234. The van der Waals surface area contributed by atoms with Crippen molar-refractivity contribution in [3.63, 3.8) is 0 Å². The fourth-order valence-corrected chi connectivity index (χ4v) is 2.86. The lowest BCUT2D eigenvalue weighted by molar-refractivity contribution is -0.142. The Balaban J connectivity index is 2.28. The zero-order chi connectivity index (χ0) is 12.8. The molecule has 1 fully saturated rings. The summed E-state index contributed by atoms with van der Waals surface area (Å²) in [6.07, 6.45) is 7.91. The maximum absolute atomic E-state index is 10.9. The molecule has 0 heterocycles. The van der Waals surface area contributed by atoms with Gasteiger partial charge in [-0.05, 0) is 38.6 Å². The molecular weight excluding hydrogens is 214 g/mol. The van der Waals surface area contributed by atoms with Crippen molar-refractivity contribution in [2.24, 2.45) is 11.8 Å². The number of nitrogens with zero attached hydrogens (tertiary/aromatic N) is 1. The maximum atomic E-state index is 10.9. The summed E-state index contributed by atoms with van der Waals surface area (Å²) in [4.78, 5) is 12.9. The lowest BCUT2D eigenvalue weighted by atomic mass is 9.80. The number of aliphatic carboxylic acids is 1. The normalized spacial score (nSPS) is 27.1. The first-order chi connectivity index (χ1) is 8.04. The molecule has 1 aliphatic rings. The minimum atomic E-state index is -0.716. The maximum Gasteiger partial charge on any atom is 0.320 e. The topological polar surface area (TPSA) is 40.5 Å². The third kappa shape index (κ3) is 4.66. The van der Waals surface area contributed by atoms with Crippen LogP contribution in [0, 0.1) is 11.8 Å². The standard InChI is InChI=1S/C14H27NO2/c1-4-5-12-6-8-13(9-7-12)10-15(3)11(2)14(16)17/h11-13H,4-10H2,1-3H3,(H,16,17). The lowest BCUT2D eigenvalue weighted by Crippen LogP contribution is -2.39. The van der Waals surface area contributed by atoms with Gasteiger partial charge in [0.2, 0.25) is 0 Å². The molecule has 0 saturated heterocycles. The van der Waals surface area contributed by atoms with Gasteiger partial charge in [-0.2, -0.15) is 0 Å². The minimum absolute atomic E-state index is 0.358. The molecule has 17 heavy (non-hydrogen) atoms. The third-order valence-corrected chi connectivity index (χ3v) is 4.23. The van der Waals surface area contributed by atoms with E-state index in [0.29, 0.717) is 5.92 Å². The van der Waals surface area contributed by atoms with Crippen molar-refractivity contribution >= 4 is 5.97 Å². The summed E-state index contributed by atoms with van der Waals surface area (Å²) in [7, 11) is 1.93. The first-order valence-electron chi connectivity index (χ1n) is 6.97. The van der Waals surface area contributed by atoms with E-state index >= 15 is 0 Å². The van der Waals surface area contributed by atoms with E-state index in [-0.39, 0.29) is 6.04 Å². The van der Waals surface area contributed by atoms with Gasteiger partial charge in [-0.3, -0.25) is 9.69 Å². The molecule has 0 radical (unpaired) electrons. The molecule has 1 N–H and O–H groups in total. The van der Waals surface area contributed by atoms with Crippen LogP contribution < -0.4 is 0 Å². The monoisotopic (exact) mass is 241 g/mol. The zero-order valence-electron chi connectivity index (χ0n) is 11.5. The largest absolute Gasteiger partial charge is 0.480 e. The highest BCUT2D eigenvalue weighted by molar-refractivity contribution is 5.72. The molecule has 100 valence electrons. The zero-order valence-corrected chi connectivity index (χ0v) is 11.5. The van der Waals surface area contributed by atoms with Crippen molar-refractivity contribution in [3.05, 3.63) is 0 Å². The van der Waals surface area contributed by atoms with Crippen LogP contribution in [0.2, 0.25) is 0 Å². The van der Waals surface area contributed by atoms with Gasteiger partial charge in [0, 0.05) is 6.54 Å². The van der Waals surface area contributed by atoms with Gasteiger partial charge >= 0.3 is 5.97 Å². The average Bonchev–Trinajstić information content (AvgIpc) is 2.30. The Hall–Kier alpha value is -0.570. The highest BCUT2D eigenvalue weighted by Gasteiger charge is 2.24. The number of hydrogen-bond acceptors (Lipinski definition) is 2. The van der Waals surface area contributed by atoms with Crippen molar-refractivity contribution in [2.75, 3.05) is 13.6 Å². The van der Waals surface area contributed by atoms with Crippen molar-refractivity contribution in [1.82, 2.24) is 4.90 Å². The van der Waals surface area contributed by atoms with Gasteiger partial charge in [0.25, 0.3) is 0 Å². The second-order valence-corrected chi connectivity index (χ2v) is 5.63. The number of carbonyl (C=O) groups is 1. The average molecular weight is 241 g/mol. The van der Waals surface area contributed by atoms with E-state index < -0.39 is 5.97 Å². The molecular formula is C14H27NO2. The summed E-state index contributed by atoms with van der Waals surface area (Å²) in [6, 6.07) is -0.358. The van der Waals surface area contributed by atoms with Crippen LogP contribution in [-0.2, 0) is 4.79 Å². The van der Waals surface area contributed by atoms with Crippen LogP contribution in [-0.4, -0.2) is 35.6 Å².